The molecule has 2 aliphatic rings. The number of aromatic nitrogens is 2. The molecule has 24 heavy (non-hydrogen) atoms. The lowest BCUT2D eigenvalue weighted by molar-refractivity contribution is 0.0315. The van der Waals surface area contributed by atoms with E-state index in [9.17, 15) is 8.42 Å². The summed E-state index contributed by atoms with van der Waals surface area (Å²) in [6.45, 7) is 13.8. The minimum atomic E-state index is -3.45. The molecule has 7 nitrogen and oxygen atoms in total. The summed E-state index contributed by atoms with van der Waals surface area (Å²) in [6, 6.07) is 1.14. The van der Waals surface area contributed by atoms with Gasteiger partial charge in [0.05, 0.1) is 6.33 Å². The molecule has 8 heteroatoms. The van der Waals surface area contributed by atoms with Crippen LogP contribution in [0.15, 0.2) is 17.6 Å². The molecule has 136 valence electrons. The highest BCUT2D eigenvalue weighted by Gasteiger charge is 2.41. The quantitative estimate of drug-likeness (QED) is 0.784. The Bertz CT molecular complexity index is 656. The van der Waals surface area contributed by atoms with E-state index in [-0.39, 0.29) is 11.1 Å². The third-order valence-electron chi connectivity index (χ3n) is 5.20. The lowest BCUT2D eigenvalue weighted by Crippen LogP contribution is -2.64. The predicted molar refractivity (Wildman–Crippen MR) is 93.4 cm³/mol. The smallest absolute Gasteiger partial charge is 0.262 e. The number of sulfonamides is 1. The zero-order chi connectivity index (χ0) is 17.5. The van der Waals surface area contributed by atoms with E-state index in [0.717, 1.165) is 26.2 Å². The van der Waals surface area contributed by atoms with Crippen molar-refractivity contribution < 1.29 is 8.42 Å². The zero-order valence-electron chi connectivity index (χ0n) is 15.1. The van der Waals surface area contributed by atoms with E-state index in [0.29, 0.717) is 25.2 Å². The average Bonchev–Trinajstić information content (AvgIpc) is 2.96. The van der Waals surface area contributed by atoms with Crippen molar-refractivity contribution in [2.45, 2.75) is 50.8 Å². The molecule has 0 saturated carbocycles. The third-order valence-corrected chi connectivity index (χ3v) is 6.92. The number of piperazine rings is 1. The molecule has 2 saturated heterocycles. The fraction of sp³-hybridized carbons (Fsp3) is 0.812. The standard InChI is InChI=1S/C16H29N5O2S/c1-13(2)18-5-7-19(8-6-18)15-9-21(10-15)24(22,23)16-11-20(12-17-16)14(3)4/h11-15H,5-10H2,1-4H3. The summed E-state index contributed by atoms with van der Waals surface area (Å²) >= 11 is 0. The van der Waals surface area contributed by atoms with E-state index in [1.807, 2.05) is 18.4 Å². The number of hydrogen-bond donors (Lipinski definition) is 0. The zero-order valence-corrected chi connectivity index (χ0v) is 15.9. The van der Waals surface area contributed by atoms with Gasteiger partial charge in [-0.3, -0.25) is 9.80 Å². The molecule has 1 aromatic rings. The summed E-state index contributed by atoms with van der Waals surface area (Å²) < 4.78 is 28.7. The monoisotopic (exact) mass is 355 g/mol. The van der Waals surface area contributed by atoms with E-state index in [1.54, 1.807) is 16.8 Å². The summed E-state index contributed by atoms with van der Waals surface area (Å²) in [6.07, 6.45) is 3.23. The van der Waals surface area contributed by atoms with Crippen molar-refractivity contribution in [2.75, 3.05) is 39.3 Å². The first-order chi connectivity index (χ1) is 11.3. The number of imidazole rings is 1. The normalized spacial score (nSPS) is 22.4. The van der Waals surface area contributed by atoms with Crippen molar-refractivity contribution in [1.82, 2.24) is 23.7 Å². The van der Waals surface area contributed by atoms with Crippen LogP contribution in [0.4, 0.5) is 0 Å². The maximum absolute atomic E-state index is 12.6. The molecule has 0 unspecified atom stereocenters. The third kappa shape index (κ3) is 3.37. The molecular weight excluding hydrogens is 326 g/mol. The van der Waals surface area contributed by atoms with Crippen molar-refractivity contribution in [1.29, 1.82) is 0 Å². The van der Waals surface area contributed by atoms with E-state index in [1.165, 1.54) is 0 Å². The van der Waals surface area contributed by atoms with Gasteiger partial charge in [0.1, 0.15) is 0 Å². The molecule has 0 radical (unpaired) electrons. The Kier molecular flexibility index (Phi) is 5.01. The largest absolute Gasteiger partial charge is 0.334 e. The van der Waals surface area contributed by atoms with Gasteiger partial charge in [-0.1, -0.05) is 0 Å². The van der Waals surface area contributed by atoms with Crippen molar-refractivity contribution in [3.05, 3.63) is 12.5 Å². The van der Waals surface area contributed by atoms with Crippen LogP contribution < -0.4 is 0 Å². The summed E-state index contributed by atoms with van der Waals surface area (Å²) in [7, 11) is -3.45. The summed E-state index contributed by atoms with van der Waals surface area (Å²) in [5.41, 5.74) is 0. The van der Waals surface area contributed by atoms with E-state index in [4.69, 9.17) is 0 Å². The maximum atomic E-state index is 12.6. The van der Waals surface area contributed by atoms with Gasteiger partial charge in [-0.15, -0.1) is 0 Å². The maximum Gasteiger partial charge on any atom is 0.262 e. The van der Waals surface area contributed by atoms with E-state index >= 15 is 0 Å². The van der Waals surface area contributed by atoms with Gasteiger partial charge < -0.3 is 4.57 Å². The van der Waals surface area contributed by atoms with Crippen LogP contribution in [0.25, 0.3) is 0 Å². The second-order valence-corrected chi connectivity index (χ2v) is 9.28. The first-order valence-electron chi connectivity index (χ1n) is 8.80. The Hall–Kier alpha value is -0.960. The van der Waals surface area contributed by atoms with Gasteiger partial charge in [0.2, 0.25) is 0 Å². The number of nitrogens with zero attached hydrogens (tertiary/aromatic N) is 5. The molecule has 0 aliphatic carbocycles. The van der Waals surface area contributed by atoms with Gasteiger partial charge in [0, 0.05) is 63.6 Å². The van der Waals surface area contributed by atoms with Crippen LogP contribution in [0.5, 0.6) is 0 Å². The van der Waals surface area contributed by atoms with Crippen LogP contribution in [0, 0.1) is 0 Å². The molecule has 0 bridgehead atoms. The second-order valence-electron chi connectivity index (χ2n) is 7.39. The summed E-state index contributed by atoms with van der Waals surface area (Å²) in [5.74, 6) is 0. The minimum Gasteiger partial charge on any atom is -0.334 e. The lowest BCUT2D eigenvalue weighted by atomic mass is 10.1. The van der Waals surface area contributed by atoms with Crippen LogP contribution in [-0.4, -0.2) is 83.4 Å². The lowest BCUT2D eigenvalue weighted by Gasteiger charge is -2.47. The Morgan fingerprint density at radius 2 is 1.67 bits per heavy atom. The average molecular weight is 356 g/mol. The summed E-state index contributed by atoms with van der Waals surface area (Å²) in [5, 5.41) is 0.166. The van der Waals surface area contributed by atoms with Gasteiger partial charge in [0.25, 0.3) is 10.0 Å². The first-order valence-corrected chi connectivity index (χ1v) is 10.2. The second kappa shape index (κ2) is 6.74. The van der Waals surface area contributed by atoms with E-state index < -0.39 is 10.0 Å². The minimum absolute atomic E-state index is 0.166. The molecular formula is C16H29N5O2S. The van der Waals surface area contributed by atoms with Crippen LogP contribution in [0.1, 0.15) is 33.7 Å². The summed E-state index contributed by atoms with van der Waals surface area (Å²) in [4.78, 5) is 8.99. The van der Waals surface area contributed by atoms with Crippen LogP contribution >= 0.6 is 0 Å². The number of rotatable bonds is 5. The van der Waals surface area contributed by atoms with Gasteiger partial charge >= 0.3 is 0 Å². The number of hydrogen-bond acceptors (Lipinski definition) is 5. The highest BCUT2D eigenvalue weighted by Crippen LogP contribution is 2.25. The van der Waals surface area contributed by atoms with Crippen LogP contribution in [0.2, 0.25) is 0 Å². The van der Waals surface area contributed by atoms with Crippen molar-refractivity contribution in [3.63, 3.8) is 0 Å². The molecule has 0 aromatic carbocycles. The van der Waals surface area contributed by atoms with Gasteiger partial charge in [-0.05, 0) is 27.7 Å². The van der Waals surface area contributed by atoms with Gasteiger partial charge in [0.15, 0.2) is 5.03 Å². The van der Waals surface area contributed by atoms with Crippen LogP contribution in [0.3, 0.4) is 0 Å². The first kappa shape index (κ1) is 17.8. The Labute approximate surface area is 145 Å². The Morgan fingerprint density at radius 1 is 1.04 bits per heavy atom. The molecule has 0 spiro atoms. The molecule has 0 N–H and O–H groups in total. The molecule has 0 atom stereocenters. The van der Waals surface area contributed by atoms with Crippen molar-refractivity contribution in [2.24, 2.45) is 0 Å². The topological polar surface area (TPSA) is 61.7 Å². The molecule has 0 amide bonds. The van der Waals surface area contributed by atoms with Gasteiger partial charge in [-0.2, -0.15) is 4.31 Å². The SMILES string of the molecule is CC(C)N1CCN(C2CN(S(=O)(=O)c3cn(C(C)C)cn3)C2)CC1. The fourth-order valence-electron chi connectivity index (χ4n) is 3.33. The van der Waals surface area contributed by atoms with E-state index in [2.05, 4.69) is 28.6 Å². The molecule has 3 heterocycles. The Morgan fingerprint density at radius 3 is 2.17 bits per heavy atom. The molecule has 2 fully saturated rings. The molecule has 1 aromatic heterocycles. The van der Waals surface area contributed by atoms with Gasteiger partial charge in [-0.25, -0.2) is 13.4 Å². The Balaban J connectivity index is 1.56. The molecule has 3 rings (SSSR count). The van der Waals surface area contributed by atoms with Crippen molar-refractivity contribution in [3.8, 4) is 0 Å². The van der Waals surface area contributed by atoms with Crippen molar-refractivity contribution >= 4 is 10.0 Å². The fourth-order valence-corrected chi connectivity index (χ4v) is 4.76. The molecule has 2 aliphatic heterocycles. The highest BCUT2D eigenvalue weighted by molar-refractivity contribution is 7.89. The highest BCUT2D eigenvalue weighted by atomic mass is 32.2. The predicted octanol–water partition coefficient (Wildman–Crippen LogP) is 0.863. The van der Waals surface area contributed by atoms with Crippen LogP contribution in [-0.2, 0) is 10.0 Å².